The molecule has 3 aliphatic rings. The van der Waals surface area contributed by atoms with Gasteiger partial charge in [0.05, 0.1) is 19.3 Å². The Morgan fingerprint density at radius 2 is 2.23 bits per heavy atom. The van der Waals surface area contributed by atoms with E-state index in [2.05, 4.69) is 34.7 Å². The van der Waals surface area contributed by atoms with Crippen molar-refractivity contribution < 1.29 is 13.7 Å². The number of fused-ring (bicyclic) bond motifs is 3. The first-order valence-corrected chi connectivity index (χ1v) is 12.7. The number of carbonyl (C=O) groups is 1. The van der Waals surface area contributed by atoms with Crippen LogP contribution in [0, 0.1) is 5.92 Å². The number of benzene rings is 1. The summed E-state index contributed by atoms with van der Waals surface area (Å²) in [4.78, 5) is 13.0. The van der Waals surface area contributed by atoms with Crippen LogP contribution in [0.5, 0.6) is 5.88 Å². The molecule has 2 heterocycles. The molecule has 3 N–H and O–H groups in total. The molecule has 3 unspecified atom stereocenters. The lowest BCUT2D eigenvalue weighted by atomic mass is 9.96. The van der Waals surface area contributed by atoms with E-state index in [9.17, 15) is 9.00 Å². The number of rotatable bonds is 3. The van der Waals surface area contributed by atoms with Crippen molar-refractivity contribution in [2.45, 2.75) is 69.7 Å². The van der Waals surface area contributed by atoms with E-state index in [0.29, 0.717) is 30.9 Å². The van der Waals surface area contributed by atoms with Gasteiger partial charge in [-0.2, -0.15) is 5.10 Å². The van der Waals surface area contributed by atoms with Crippen LogP contribution in [-0.4, -0.2) is 26.6 Å². The number of carbonyl (C=O) groups excluding carboxylic acids is 1. The smallest absolute Gasteiger partial charge is 0.354 e. The van der Waals surface area contributed by atoms with Gasteiger partial charge in [-0.25, -0.2) is 18.8 Å². The second-order valence-corrected chi connectivity index (χ2v) is 10.7. The summed E-state index contributed by atoms with van der Waals surface area (Å²) in [6.07, 6.45) is 7.43. The molecule has 0 fully saturated rings. The minimum Gasteiger partial charge on any atom is -0.477 e. The third-order valence-electron chi connectivity index (χ3n) is 6.89. The van der Waals surface area contributed by atoms with Crippen LogP contribution in [-0.2, 0) is 35.7 Å². The van der Waals surface area contributed by atoms with Crippen LogP contribution in [0.1, 0.15) is 61.3 Å². The van der Waals surface area contributed by atoms with Gasteiger partial charge in [0.2, 0.25) is 5.88 Å². The van der Waals surface area contributed by atoms with Crippen LogP contribution in [0.15, 0.2) is 21.5 Å². The predicted molar refractivity (Wildman–Crippen MR) is 119 cm³/mol. The molecule has 1 aromatic heterocycles. The molecule has 0 spiro atoms. The third-order valence-corrected chi connectivity index (χ3v) is 8.24. The summed E-state index contributed by atoms with van der Waals surface area (Å²) in [6, 6.07) is 1.63. The fourth-order valence-electron chi connectivity index (χ4n) is 5.07. The molecular formula is C22H29N5O3S. The van der Waals surface area contributed by atoms with Gasteiger partial charge in [0.25, 0.3) is 0 Å². The first-order chi connectivity index (χ1) is 14.9. The highest BCUT2D eigenvalue weighted by Gasteiger charge is 2.30. The summed E-state index contributed by atoms with van der Waals surface area (Å²) in [5.41, 5.74) is 5.86. The molecule has 31 heavy (non-hydrogen) atoms. The first kappa shape index (κ1) is 20.5. The number of anilines is 1. The van der Waals surface area contributed by atoms with Gasteiger partial charge in [-0.05, 0) is 66.7 Å². The average molecular weight is 444 g/mol. The molecule has 2 amide bonds. The van der Waals surface area contributed by atoms with Gasteiger partial charge in [0.15, 0.2) is 9.92 Å². The molecule has 1 aromatic carbocycles. The highest BCUT2D eigenvalue weighted by molar-refractivity contribution is 7.91. The van der Waals surface area contributed by atoms with E-state index in [-0.39, 0.29) is 4.90 Å². The van der Waals surface area contributed by atoms with E-state index < -0.39 is 15.9 Å². The Hall–Kier alpha value is -2.39. The molecule has 0 saturated carbocycles. The molecule has 8 nitrogen and oxygen atoms in total. The van der Waals surface area contributed by atoms with Crippen LogP contribution < -0.4 is 15.2 Å². The van der Waals surface area contributed by atoms with Crippen molar-refractivity contribution in [2.24, 2.45) is 15.4 Å². The van der Waals surface area contributed by atoms with E-state index >= 15 is 0 Å². The largest absolute Gasteiger partial charge is 0.477 e. The fourth-order valence-corrected chi connectivity index (χ4v) is 6.07. The summed E-state index contributed by atoms with van der Waals surface area (Å²) in [5, 5.41) is 13.2. The first-order valence-electron chi connectivity index (χ1n) is 11.1. The molecule has 2 aliphatic carbocycles. The highest BCUT2D eigenvalue weighted by atomic mass is 32.2. The maximum absolute atomic E-state index is 13.2. The average Bonchev–Trinajstić information content (AvgIpc) is 3.45. The minimum absolute atomic E-state index is 0.175. The molecule has 0 radical (unpaired) electrons. The standard InChI is InChI=1S/C22H29N5O3S/c1-3-14-11-27-21(30-12-14)19(10-24-27)31(23,29)26-22(28)25-20-16-6-4-5-15(16)9-18-13(2)7-8-17(18)20/h9-10,13-14H,3-8,11-12H2,1-2H3,(H3,23,25,26,28,29). The maximum atomic E-state index is 13.2. The number of hydrogen-bond donors (Lipinski definition) is 2. The highest BCUT2D eigenvalue weighted by Crippen LogP contribution is 2.43. The van der Waals surface area contributed by atoms with Crippen LogP contribution in [0.4, 0.5) is 10.5 Å². The zero-order valence-corrected chi connectivity index (χ0v) is 18.8. The van der Waals surface area contributed by atoms with Gasteiger partial charge < -0.3 is 10.1 Å². The van der Waals surface area contributed by atoms with E-state index in [4.69, 9.17) is 9.88 Å². The van der Waals surface area contributed by atoms with E-state index in [1.165, 1.54) is 28.5 Å². The van der Waals surface area contributed by atoms with Crippen molar-refractivity contribution in [1.29, 1.82) is 0 Å². The van der Waals surface area contributed by atoms with Crippen molar-refractivity contribution in [3.63, 3.8) is 0 Å². The van der Waals surface area contributed by atoms with Crippen molar-refractivity contribution in [3.05, 3.63) is 34.5 Å². The Bertz CT molecular complexity index is 1180. The minimum atomic E-state index is -3.49. The summed E-state index contributed by atoms with van der Waals surface area (Å²) >= 11 is 0. The van der Waals surface area contributed by atoms with Gasteiger partial charge >= 0.3 is 6.03 Å². The molecule has 2 aromatic rings. The molecule has 0 bridgehead atoms. The van der Waals surface area contributed by atoms with Crippen molar-refractivity contribution in [2.75, 3.05) is 11.9 Å². The van der Waals surface area contributed by atoms with Gasteiger partial charge in [-0.1, -0.05) is 19.9 Å². The molecule has 3 atom stereocenters. The second-order valence-electron chi connectivity index (χ2n) is 8.92. The number of ether oxygens (including phenoxy) is 1. The third kappa shape index (κ3) is 3.53. The van der Waals surface area contributed by atoms with Gasteiger partial charge in [0.1, 0.15) is 4.90 Å². The van der Waals surface area contributed by atoms with Crippen molar-refractivity contribution >= 4 is 21.6 Å². The Balaban J connectivity index is 1.46. The number of hydrogen-bond acceptors (Lipinski definition) is 4. The lowest BCUT2D eigenvalue weighted by molar-refractivity contribution is 0.157. The Kier molecular flexibility index (Phi) is 5.05. The second kappa shape index (κ2) is 7.63. The molecular weight excluding hydrogens is 414 g/mol. The van der Waals surface area contributed by atoms with Gasteiger partial charge in [0, 0.05) is 11.6 Å². The lowest BCUT2D eigenvalue weighted by Gasteiger charge is -2.23. The quantitative estimate of drug-likeness (QED) is 0.752. The zero-order valence-electron chi connectivity index (χ0n) is 18.0. The van der Waals surface area contributed by atoms with E-state index in [0.717, 1.165) is 44.2 Å². The van der Waals surface area contributed by atoms with Gasteiger partial charge in [-0.3, -0.25) is 0 Å². The SMILES string of the molecule is CCC1COc2c(S(N)(=O)=NC(=O)Nc3c4c(cc5c3CCC5C)CCC4)cnn2C1. The maximum Gasteiger partial charge on any atom is 0.354 e. The normalized spacial score (nSPS) is 23.3. The number of aromatic nitrogens is 2. The van der Waals surface area contributed by atoms with Crippen molar-refractivity contribution in [3.8, 4) is 5.88 Å². The number of urea groups is 1. The lowest BCUT2D eigenvalue weighted by Crippen LogP contribution is -2.26. The topological polar surface area (TPSA) is 112 Å². The van der Waals surface area contributed by atoms with Crippen LogP contribution in [0.2, 0.25) is 0 Å². The van der Waals surface area contributed by atoms with Crippen LogP contribution >= 0.6 is 0 Å². The number of amides is 2. The summed E-state index contributed by atoms with van der Waals surface area (Å²) < 4.78 is 24.5. The van der Waals surface area contributed by atoms with Gasteiger partial charge in [-0.15, -0.1) is 4.36 Å². The molecule has 1 aliphatic heterocycles. The molecule has 0 saturated heterocycles. The summed E-state index contributed by atoms with van der Waals surface area (Å²) in [7, 11) is -3.49. The van der Waals surface area contributed by atoms with E-state index in [1.54, 1.807) is 4.68 Å². The zero-order chi connectivity index (χ0) is 21.8. The Morgan fingerprint density at radius 3 is 3.03 bits per heavy atom. The Morgan fingerprint density at radius 1 is 1.39 bits per heavy atom. The molecule has 166 valence electrons. The number of nitrogens with two attached hydrogens (primary N) is 1. The van der Waals surface area contributed by atoms with Crippen LogP contribution in [0.3, 0.4) is 0 Å². The monoisotopic (exact) mass is 443 g/mol. The predicted octanol–water partition coefficient (Wildman–Crippen LogP) is 3.77. The van der Waals surface area contributed by atoms with E-state index in [1.807, 2.05) is 0 Å². The number of nitrogens with zero attached hydrogens (tertiary/aromatic N) is 3. The summed E-state index contributed by atoms with van der Waals surface area (Å²) in [6.45, 7) is 5.50. The van der Waals surface area contributed by atoms with Crippen LogP contribution in [0.25, 0.3) is 0 Å². The number of nitrogens with one attached hydrogen (secondary N) is 1. The fraction of sp³-hybridized carbons (Fsp3) is 0.545. The molecule has 5 rings (SSSR count). The summed E-state index contributed by atoms with van der Waals surface area (Å²) in [5.74, 6) is 1.18. The molecule has 9 heteroatoms. The Labute approximate surface area is 182 Å². The van der Waals surface area contributed by atoms with Crippen molar-refractivity contribution in [1.82, 2.24) is 9.78 Å². The number of aryl methyl sites for hydroxylation is 1.